The van der Waals surface area contributed by atoms with Crippen molar-refractivity contribution < 1.29 is 5.11 Å². The van der Waals surface area contributed by atoms with Crippen LogP contribution in [-0.2, 0) is 0 Å². The lowest BCUT2D eigenvalue weighted by Gasteiger charge is -2.27. The number of hydrogen-bond donors (Lipinski definition) is 3. The van der Waals surface area contributed by atoms with Gasteiger partial charge in [0.15, 0.2) is 0 Å². The SMILES string of the molecule is O=c1[nH]nc(-c2ccc(Cl)cc2)c2c1Nc1nnnn1C2c1cccc(O)c1. The van der Waals surface area contributed by atoms with Crippen LogP contribution in [0.2, 0.25) is 5.02 Å². The van der Waals surface area contributed by atoms with Crippen LogP contribution in [-0.4, -0.2) is 35.5 Å². The first kappa shape index (κ1) is 16.5. The molecule has 1 aliphatic rings. The summed E-state index contributed by atoms with van der Waals surface area (Å²) in [6.45, 7) is 0. The second-order valence-corrected chi connectivity index (χ2v) is 6.70. The van der Waals surface area contributed by atoms with Crippen LogP contribution >= 0.6 is 11.6 Å². The summed E-state index contributed by atoms with van der Waals surface area (Å²) >= 11 is 6.01. The minimum Gasteiger partial charge on any atom is -0.508 e. The molecular weight excluding hydrogens is 382 g/mol. The first-order valence-electron chi connectivity index (χ1n) is 8.34. The summed E-state index contributed by atoms with van der Waals surface area (Å²) in [5, 5.41) is 32.1. The van der Waals surface area contributed by atoms with Crippen molar-refractivity contribution in [3.63, 3.8) is 0 Å². The minimum absolute atomic E-state index is 0.0954. The Morgan fingerprint density at radius 3 is 2.75 bits per heavy atom. The molecule has 9 nitrogen and oxygen atoms in total. The highest BCUT2D eigenvalue weighted by atomic mass is 35.5. The first-order chi connectivity index (χ1) is 13.6. The number of aromatic amines is 1. The molecule has 3 heterocycles. The summed E-state index contributed by atoms with van der Waals surface area (Å²) < 4.78 is 1.55. The molecule has 5 rings (SSSR count). The maximum Gasteiger partial charge on any atom is 0.288 e. The van der Waals surface area contributed by atoms with E-state index in [2.05, 4.69) is 31.0 Å². The number of phenols is 1. The Morgan fingerprint density at radius 1 is 1.14 bits per heavy atom. The Kier molecular flexibility index (Phi) is 3.63. The van der Waals surface area contributed by atoms with Crippen LogP contribution in [0.5, 0.6) is 5.75 Å². The van der Waals surface area contributed by atoms with E-state index in [1.165, 1.54) is 0 Å². The molecule has 1 unspecified atom stereocenters. The number of nitrogens with zero attached hydrogens (tertiary/aromatic N) is 5. The Bertz CT molecular complexity index is 1250. The van der Waals surface area contributed by atoms with Gasteiger partial charge in [-0.25, -0.2) is 5.10 Å². The van der Waals surface area contributed by atoms with Crippen LogP contribution in [0.25, 0.3) is 11.3 Å². The average Bonchev–Trinajstić information content (AvgIpc) is 3.16. The van der Waals surface area contributed by atoms with Crippen molar-refractivity contribution in [1.29, 1.82) is 0 Å². The summed E-state index contributed by atoms with van der Waals surface area (Å²) in [5.41, 5.74) is 2.52. The Morgan fingerprint density at radius 2 is 1.96 bits per heavy atom. The van der Waals surface area contributed by atoms with Gasteiger partial charge in [-0.2, -0.15) is 9.78 Å². The molecule has 0 aliphatic carbocycles. The summed E-state index contributed by atoms with van der Waals surface area (Å²) in [5.74, 6) is 0.414. The topological polar surface area (TPSA) is 122 Å². The van der Waals surface area contributed by atoms with Gasteiger partial charge in [0.1, 0.15) is 17.5 Å². The van der Waals surface area contributed by atoms with Gasteiger partial charge >= 0.3 is 0 Å². The van der Waals surface area contributed by atoms with Crippen LogP contribution < -0.4 is 10.9 Å². The third-order valence-corrected chi connectivity index (χ3v) is 4.82. The van der Waals surface area contributed by atoms with E-state index in [0.717, 1.165) is 5.56 Å². The molecule has 2 aromatic carbocycles. The first-order valence-corrected chi connectivity index (χ1v) is 8.72. The molecule has 2 aromatic heterocycles. The summed E-state index contributed by atoms with van der Waals surface area (Å²) in [7, 11) is 0. The highest BCUT2D eigenvalue weighted by Crippen LogP contribution is 2.41. The van der Waals surface area contributed by atoms with Gasteiger partial charge in [-0.15, -0.1) is 0 Å². The number of hydrogen-bond acceptors (Lipinski definition) is 7. The predicted octanol–water partition coefficient (Wildman–Crippen LogP) is 2.48. The molecule has 1 aliphatic heterocycles. The molecule has 0 spiro atoms. The maximum atomic E-state index is 12.5. The molecule has 0 fully saturated rings. The van der Waals surface area contributed by atoms with E-state index in [1.807, 2.05) is 18.2 Å². The van der Waals surface area contributed by atoms with Crippen LogP contribution in [0, 0.1) is 0 Å². The number of benzene rings is 2. The highest BCUT2D eigenvalue weighted by Gasteiger charge is 2.34. The van der Waals surface area contributed by atoms with E-state index < -0.39 is 11.6 Å². The normalized spacial score (nSPS) is 14.8. The number of nitrogens with one attached hydrogen (secondary N) is 2. The van der Waals surface area contributed by atoms with Gasteiger partial charge in [0.2, 0.25) is 5.95 Å². The van der Waals surface area contributed by atoms with Crippen molar-refractivity contribution >= 4 is 23.2 Å². The zero-order valence-corrected chi connectivity index (χ0v) is 14.9. The number of aromatic hydroxyl groups is 1. The molecule has 0 bridgehead atoms. The fraction of sp³-hybridized carbons (Fsp3) is 0.0556. The molecule has 10 heteroatoms. The largest absolute Gasteiger partial charge is 0.508 e. The molecule has 0 saturated heterocycles. The molecule has 0 saturated carbocycles. The fourth-order valence-corrected chi connectivity index (χ4v) is 3.49. The molecule has 4 aromatic rings. The predicted molar refractivity (Wildman–Crippen MR) is 102 cm³/mol. The summed E-state index contributed by atoms with van der Waals surface area (Å²) in [6.07, 6.45) is 0. The third kappa shape index (κ3) is 2.52. The minimum atomic E-state index is -0.561. The molecule has 3 N–H and O–H groups in total. The van der Waals surface area contributed by atoms with E-state index in [0.29, 0.717) is 33.5 Å². The van der Waals surface area contributed by atoms with E-state index in [-0.39, 0.29) is 5.75 Å². The number of tetrazole rings is 1. The fourth-order valence-electron chi connectivity index (χ4n) is 3.37. The molecular formula is C18H12ClN7O2. The summed E-state index contributed by atoms with van der Waals surface area (Å²) in [4.78, 5) is 12.5. The van der Waals surface area contributed by atoms with Gasteiger partial charge in [0.25, 0.3) is 5.56 Å². The van der Waals surface area contributed by atoms with E-state index >= 15 is 0 Å². The lowest BCUT2D eigenvalue weighted by atomic mass is 9.92. The standard InChI is InChI=1S/C18H12ClN7O2/c19-11-6-4-9(5-7-11)14-13-15(17(28)22-21-14)20-18-23-24-25-26(18)16(13)10-2-1-3-12(27)8-10/h1-8,16,27H,(H,22,28)(H,20,23,25). The van der Waals surface area contributed by atoms with Crippen molar-refractivity contribution in [2.75, 3.05) is 5.32 Å². The zero-order valence-electron chi connectivity index (χ0n) is 14.2. The molecule has 0 amide bonds. The smallest absolute Gasteiger partial charge is 0.288 e. The molecule has 28 heavy (non-hydrogen) atoms. The number of aromatic nitrogens is 6. The highest BCUT2D eigenvalue weighted by molar-refractivity contribution is 6.30. The van der Waals surface area contributed by atoms with Crippen molar-refractivity contribution in [2.24, 2.45) is 0 Å². The van der Waals surface area contributed by atoms with Crippen molar-refractivity contribution in [2.45, 2.75) is 6.04 Å². The number of H-pyrrole nitrogens is 1. The van der Waals surface area contributed by atoms with Crippen molar-refractivity contribution in [3.8, 4) is 17.0 Å². The Balaban J connectivity index is 1.82. The monoisotopic (exact) mass is 393 g/mol. The number of rotatable bonds is 2. The van der Waals surface area contributed by atoms with Crippen LogP contribution in [0.4, 0.5) is 11.6 Å². The van der Waals surface area contributed by atoms with Crippen LogP contribution in [0.15, 0.2) is 53.3 Å². The lowest BCUT2D eigenvalue weighted by molar-refractivity contribution is 0.472. The van der Waals surface area contributed by atoms with Gasteiger partial charge in [-0.1, -0.05) is 41.0 Å². The van der Waals surface area contributed by atoms with Crippen LogP contribution in [0.3, 0.4) is 0 Å². The molecule has 1 atom stereocenters. The third-order valence-electron chi connectivity index (χ3n) is 4.57. The molecule has 138 valence electrons. The number of anilines is 2. The van der Waals surface area contributed by atoms with Crippen molar-refractivity contribution in [1.82, 2.24) is 30.4 Å². The number of halogens is 1. The maximum absolute atomic E-state index is 12.5. The van der Waals surface area contributed by atoms with Gasteiger partial charge in [-0.05, 0) is 40.3 Å². The zero-order chi connectivity index (χ0) is 19.3. The van der Waals surface area contributed by atoms with E-state index in [1.54, 1.807) is 35.0 Å². The van der Waals surface area contributed by atoms with Gasteiger partial charge < -0.3 is 10.4 Å². The Hall–Kier alpha value is -3.72. The summed E-state index contributed by atoms with van der Waals surface area (Å²) in [6, 6.07) is 13.3. The van der Waals surface area contributed by atoms with E-state index in [9.17, 15) is 9.90 Å². The molecule has 0 radical (unpaired) electrons. The van der Waals surface area contributed by atoms with E-state index in [4.69, 9.17) is 11.6 Å². The number of phenolic OH excluding ortho intramolecular Hbond substituents is 1. The number of fused-ring (bicyclic) bond motifs is 2. The van der Waals surface area contributed by atoms with Crippen molar-refractivity contribution in [3.05, 3.63) is 75.0 Å². The van der Waals surface area contributed by atoms with Crippen LogP contribution in [0.1, 0.15) is 17.2 Å². The van der Waals surface area contributed by atoms with Gasteiger partial charge in [0.05, 0.1) is 5.69 Å². The second kappa shape index (κ2) is 6.17. The average molecular weight is 394 g/mol. The van der Waals surface area contributed by atoms with Gasteiger partial charge in [0, 0.05) is 16.1 Å². The lowest BCUT2D eigenvalue weighted by Crippen LogP contribution is -2.29. The Labute approximate surface area is 162 Å². The van der Waals surface area contributed by atoms with Gasteiger partial charge in [-0.3, -0.25) is 4.79 Å². The quantitative estimate of drug-likeness (QED) is 0.421. The second-order valence-electron chi connectivity index (χ2n) is 6.27.